The number of hydrogen-bond donors (Lipinski definition) is 4. The Balaban J connectivity index is 0.751. The van der Waals surface area contributed by atoms with Crippen molar-refractivity contribution in [3.63, 3.8) is 0 Å². The van der Waals surface area contributed by atoms with E-state index in [0.717, 1.165) is 16.7 Å². The van der Waals surface area contributed by atoms with Gasteiger partial charge in [0.15, 0.2) is 50.3 Å². The van der Waals surface area contributed by atoms with E-state index in [1.165, 1.54) is 7.11 Å². The summed E-state index contributed by atoms with van der Waals surface area (Å²) in [6, 6.07) is 33.1. The zero-order valence-corrected chi connectivity index (χ0v) is 71.7. The summed E-state index contributed by atoms with van der Waals surface area (Å²) in [7, 11) is -13.9. The molecule has 0 bridgehead atoms. The fourth-order valence-electron chi connectivity index (χ4n) is 16.6. The van der Waals surface area contributed by atoms with Crippen LogP contribution in [0.25, 0.3) is 31.3 Å². The Hall–Kier alpha value is -6.42. The number of hydrogen-bond acceptors (Lipinski definition) is 33. The van der Waals surface area contributed by atoms with Crippen LogP contribution < -0.4 is 0 Å². The second-order valence-electron chi connectivity index (χ2n) is 31.8. The lowest BCUT2D eigenvalue weighted by molar-refractivity contribution is -0.347. The molecule has 0 aliphatic carbocycles. The highest BCUT2D eigenvalue weighted by atomic mass is 32.3. The van der Waals surface area contributed by atoms with Gasteiger partial charge in [0, 0.05) is 59.4 Å². The third-order valence-corrected chi connectivity index (χ3v) is 24.8. The number of ether oxygens (including phenoxy) is 20. The summed E-state index contributed by atoms with van der Waals surface area (Å²) in [5.74, 6) is -3.16. The summed E-state index contributed by atoms with van der Waals surface area (Å²) in [5, 5.41) is 22.8. The predicted molar refractivity (Wildman–Crippen MR) is 427 cm³/mol. The van der Waals surface area contributed by atoms with Gasteiger partial charge in [0.2, 0.25) is 0 Å². The first kappa shape index (κ1) is 96.7. The molecule has 8 saturated heterocycles. The Labute approximate surface area is 718 Å². The normalized spacial score (nSPS) is 36.9. The minimum absolute atomic E-state index is 0.0180. The number of benzene rings is 4. The molecule has 42 nitrogen and oxygen atoms in total. The lowest BCUT2D eigenvalue weighted by atomic mass is 9.84. The highest BCUT2D eigenvalue weighted by Crippen LogP contribution is 2.43. The molecule has 124 heavy (non-hydrogen) atoms. The minimum atomic E-state index is -5.21. The first-order valence-corrected chi connectivity index (χ1v) is 45.0. The van der Waals surface area contributed by atoms with Crippen LogP contribution in [0.3, 0.4) is 0 Å². The van der Waals surface area contributed by atoms with Crippen LogP contribution >= 0.6 is 0 Å². The number of aliphatic hydroxyl groups is 1. The molecule has 32 atom stereocenters. The Kier molecular flexibility index (Phi) is 35.6. The summed E-state index contributed by atoms with van der Waals surface area (Å²) in [5.41, 5.74) is 33.9. The summed E-state index contributed by atoms with van der Waals surface area (Å²) in [6.45, 7) is 7.46. The van der Waals surface area contributed by atoms with Gasteiger partial charge in [-0.1, -0.05) is 178 Å². The van der Waals surface area contributed by atoms with Crippen molar-refractivity contribution in [3.8, 4) is 0 Å². The Bertz CT molecular complexity index is 4470. The molecule has 12 rings (SSSR count). The smallest absolute Gasteiger partial charge is 0.394 e. The average Bonchev–Trinajstić information content (AvgIpc) is 0.780. The largest absolute Gasteiger partial charge is 0.397 e. The summed E-state index contributed by atoms with van der Waals surface area (Å²) in [4.78, 5) is 9.43. The topological polar surface area (TPSA) is 542 Å². The van der Waals surface area contributed by atoms with Gasteiger partial charge < -0.3 is 99.8 Å². The van der Waals surface area contributed by atoms with E-state index in [4.69, 9.17) is 107 Å². The van der Waals surface area contributed by atoms with E-state index in [1.807, 2.05) is 99.6 Å². The molecule has 686 valence electrons. The van der Waals surface area contributed by atoms with E-state index in [9.17, 15) is 60.6 Å². The Morgan fingerprint density at radius 3 is 0.919 bits per heavy atom. The first-order valence-electron chi connectivity index (χ1n) is 40.9. The molecular formula is C79H109N9O33S3. The molecule has 45 heteroatoms. The van der Waals surface area contributed by atoms with Gasteiger partial charge in [0.25, 0.3) is 0 Å². The highest BCUT2D eigenvalue weighted by molar-refractivity contribution is 7.81. The first-order chi connectivity index (χ1) is 59.5. The molecule has 0 radical (unpaired) electrons. The zero-order valence-electron chi connectivity index (χ0n) is 69.2. The third kappa shape index (κ3) is 27.1. The molecule has 8 heterocycles. The molecule has 0 spiro atoms. The number of azide groups is 3. The summed E-state index contributed by atoms with van der Waals surface area (Å²) in [6.07, 6.45) is -25.6. The van der Waals surface area contributed by atoms with Crippen molar-refractivity contribution < 1.29 is 151 Å². The molecule has 8 aliphatic heterocycles. The average molecular weight is 1810 g/mol. The van der Waals surface area contributed by atoms with Gasteiger partial charge in [-0.3, -0.25) is 13.7 Å². The number of methoxy groups -OCH3 is 1. The molecular weight excluding hydrogens is 1700 g/mol. The van der Waals surface area contributed by atoms with Crippen LogP contribution in [0, 0.1) is 35.5 Å². The molecule has 4 N–H and O–H groups in total. The van der Waals surface area contributed by atoms with Crippen molar-refractivity contribution in [1.29, 1.82) is 0 Å². The molecule has 8 fully saturated rings. The van der Waals surface area contributed by atoms with Crippen LogP contribution in [0.4, 0.5) is 0 Å². The van der Waals surface area contributed by atoms with Crippen LogP contribution in [0.1, 0.15) is 89.5 Å². The van der Waals surface area contributed by atoms with E-state index in [1.54, 1.807) is 63.2 Å². The van der Waals surface area contributed by atoms with Gasteiger partial charge in [-0.2, -0.15) is 25.3 Å². The van der Waals surface area contributed by atoms with E-state index in [2.05, 4.69) is 30.1 Å². The van der Waals surface area contributed by atoms with Crippen LogP contribution in [-0.2, 0) is 165 Å². The molecule has 0 amide bonds. The van der Waals surface area contributed by atoms with E-state index < -0.39 is 229 Å². The maximum Gasteiger partial charge on any atom is 0.397 e. The second-order valence-corrected chi connectivity index (χ2v) is 35.1. The van der Waals surface area contributed by atoms with Crippen molar-refractivity contribution in [2.75, 3.05) is 60.0 Å². The number of rotatable bonds is 40. The van der Waals surface area contributed by atoms with Crippen molar-refractivity contribution in [2.24, 2.45) is 50.9 Å². The fourth-order valence-corrected chi connectivity index (χ4v) is 17.5. The summed E-state index contributed by atoms with van der Waals surface area (Å²) >= 11 is 0. The quantitative estimate of drug-likeness (QED) is 0.0140. The van der Waals surface area contributed by atoms with Crippen LogP contribution in [-0.4, -0.2) is 264 Å². The van der Waals surface area contributed by atoms with Crippen molar-refractivity contribution >= 4 is 31.2 Å². The van der Waals surface area contributed by atoms with E-state index in [-0.39, 0.29) is 95.8 Å². The van der Waals surface area contributed by atoms with Gasteiger partial charge in [0.05, 0.1) is 146 Å². The maximum absolute atomic E-state index is 12.5. The molecule has 8 aliphatic rings. The number of aliphatic hydroxyl groups excluding tert-OH is 1. The minimum Gasteiger partial charge on any atom is -0.394 e. The lowest BCUT2D eigenvalue weighted by Gasteiger charge is -2.49. The molecule has 4 aromatic rings. The maximum atomic E-state index is 12.5. The van der Waals surface area contributed by atoms with Crippen molar-refractivity contribution in [1.82, 2.24) is 0 Å². The molecule has 8 unspecified atom stereocenters. The standard InChI is InChI=1S/C79H109N9O33S3/c1-44-33-104-65(28-54(44)100-34-50-20-12-8-13-21-50)119-73-47(4)69(83-86-80)77(115-62(73)41-108-122(90,91)92)113-60-39-106-67(30-56(60)102-36-52-24-16-10-17-25-52)121-75-49(6)71(85-88-82)79(117-64(75)43-110-124(96,97)98)114-61-40-107-68(31-57(61)103-37-53-26-18-11-19-27-53)120-74-48(5)70(84-87-81)78(116-63(74)42-109-123(93,94)95)112-59-38-105-66(29-55(59)101-35-51-22-14-9-15-23-51)118-72-45(2)46(3)76(99-7)111-58(72)32-89/h8-27,44-49,54-79,89H,28-43H2,1-7H3,(H,90,91,92)(H,93,94,95)(H,96,97,98)/t44-,45-,46?,47-,48-,49-,54+,55+,56+,57+,58?,59-,60-,61-,62?,63?,64?,65+,66+,67+,68+,69?,70?,71?,72+,73-,74-,75+,76+,77-,78+,79+/m1/s1. The molecule has 0 aromatic heterocycles. The lowest BCUT2D eigenvalue weighted by Crippen LogP contribution is -2.61. The molecule has 0 saturated carbocycles. The van der Waals surface area contributed by atoms with Gasteiger partial charge in [-0.05, 0) is 62.5 Å². The highest BCUT2D eigenvalue weighted by Gasteiger charge is 2.55. The second kappa shape index (κ2) is 45.7. The van der Waals surface area contributed by atoms with Crippen molar-refractivity contribution in [3.05, 3.63) is 175 Å². The van der Waals surface area contributed by atoms with Gasteiger partial charge >= 0.3 is 31.2 Å². The van der Waals surface area contributed by atoms with Crippen LogP contribution in [0.15, 0.2) is 137 Å². The number of nitrogens with zero attached hydrogens (tertiary/aromatic N) is 9. The Morgan fingerprint density at radius 2 is 0.637 bits per heavy atom. The van der Waals surface area contributed by atoms with E-state index in [0.29, 0.717) is 12.2 Å². The van der Waals surface area contributed by atoms with E-state index >= 15 is 0 Å². The zero-order chi connectivity index (χ0) is 88.2. The van der Waals surface area contributed by atoms with Gasteiger partial charge in [0.1, 0.15) is 42.7 Å². The van der Waals surface area contributed by atoms with Crippen molar-refractivity contribution in [2.45, 2.75) is 254 Å². The van der Waals surface area contributed by atoms with Crippen LogP contribution in [0.2, 0.25) is 0 Å². The van der Waals surface area contributed by atoms with Gasteiger partial charge in [-0.25, -0.2) is 12.5 Å². The monoisotopic (exact) mass is 1810 g/mol. The Morgan fingerprint density at radius 1 is 0.363 bits per heavy atom. The van der Waals surface area contributed by atoms with Crippen LogP contribution in [0.5, 0.6) is 0 Å². The van der Waals surface area contributed by atoms with Gasteiger partial charge in [-0.15, -0.1) is 0 Å². The SMILES string of the molecule is CO[C@H]1OC(CO)[C@@H](O[C@H]2C[C@H](OCc3ccccc3)[C@H](O[C@H]3OC(COS(=O)(=O)O)[C@H](O[C@H]4C[C@H](OCc5ccccc5)[C@H](O[C@H]5OC(COS(=O)(=O)O)[C@@H](O[C@H]6C[C@H](OCc7ccccc7)[C@H](O[C@@H]7OC(COS(=O)(=O)O)[C@H](O[C@H]8C[C@H](OCc9ccccc9)[C@H](C)CO8)[C@H](C)C7N=[N+]=[N-])CO6)[C@H](C)C5N=[N+]=[N-])CO4)[C@H](C)C3N=[N+]=[N-])CO2)[C@H](C)C1C. The summed E-state index contributed by atoms with van der Waals surface area (Å²) < 4.78 is 249. The third-order valence-electron chi connectivity index (χ3n) is 23.4. The fraction of sp³-hybridized carbons (Fsp3) is 0.696. The predicted octanol–water partition coefficient (Wildman–Crippen LogP) is 8.86. The molecule has 4 aromatic carbocycles.